The van der Waals surface area contributed by atoms with Crippen molar-refractivity contribution in [1.29, 1.82) is 0 Å². The number of hydrogen-bond acceptors (Lipinski definition) is 2. The Morgan fingerprint density at radius 1 is 1.29 bits per heavy atom. The third-order valence-electron chi connectivity index (χ3n) is 2.33. The highest BCUT2D eigenvalue weighted by Gasteiger charge is 2.03. The first-order valence-corrected chi connectivity index (χ1v) is 5.30. The van der Waals surface area contributed by atoms with Gasteiger partial charge in [-0.3, -0.25) is 4.99 Å². The summed E-state index contributed by atoms with van der Waals surface area (Å²) in [6.07, 6.45) is 0.959. The normalized spacial score (nSPS) is 11.2. The maximum Gasteiger partial charge on any atom is 0.185 e. The molecule has 0 aliphatic heterocycles. The van der Waals surface area contributed by atoms with Crippen LogP contribution in [-0.4, -0.2) is 19.6 Å². The molecule has 1 atom stereocenters. The quantitative estimate of drug-likeness (QED) is 0.483. The molecule has 0 aliphatic rings. The van der Waals surface area contributed by atoms with Crippen LogP contribution in [0.5, 0.6) is 5.75 Å². The highest BCUT2D eigenvalue weighted by atomic mass is 127. The Bertz CT molecular complexity index is 347. The van der Waals surface area contributed by atoms with Gasteiger partial charge in [0, 0.05) is 6.54 Å². The van der Waals surface area contributed by atoms with Crippen molar-refractivity contribution in [2.24, 2.45) is 22.4 Å². The molecule has 1 unspecified atom stereocenters. The van der Waals surface area contributed by atoms with E-state index in [4.69, 9.17) is 16.2 Å². The first-order valence-electron chi connectivity index (χ1n) is 5.30. The van der Waals surface area contributed by atoms with Crippen LogP contribution in [0.2, 0.25) is 0 Å². The second-order valence-electron chi connectivity index (χ2n) is 3.92. The van der Waals surface area contributed by atoms with Gasteiger partial charge in [-0.2, -0.15) is 0 Å². The third-order valence-corrected chi connectivity index (χ3v) is 2.33. The number of rotatable bonds is 5. The van der Waals surface area contributed by atoms with Crippen LogP contribution >= 0.6 is 24.0 Å². The van der Waals surface area contributed by atoms with Crippen LogP contribution in [0.25, 0.3) is 0 Å². The summed E-state index contributed by atoms with van der Waals surface area (Å²) in [6.45, 7) is 2.78. The van der Waals surface area contributed by atoms with E-state index in [1.165, 1.54) is 5.56 Å². The van der Waals surface area contributed by atoms with E-state index < -0.39 is 0 Å². The minimum absolute atomic E-state index is 0. The molecule has 0 radical (unpaired) electrons. The van der Waals surface area contributed by atoms with E-state index in [2.05, 4.69) is 24.0 Å². The van der Waals surface area contributed by atoms with E-state index in [0.29, 0.717) is 12.5 Å². The van der Waals surface area contributed by atoms with E-state index in [1.54, 1.807) is 7.11 Å². The van der Waals surface area contributed by atoms with Crippen molar-refractivity contribution >= 4 is 29.9 Å². The number of hydrogen-bond donors (Lipinski definition) is 2. The third kappa shape index (κ3) is 6.35. The second kappa shape index (κ2) is 8.16. The average Bonchev–Trinajstić information content (AvgIpc) is 2.27. The molecule has 0 aliphatic carbocycles. The summed E-state index contributed by atoms with van der Waals surface area (Å²) in [5.41, 5.74) is 11.8. The molecule has 0 bridgehead atoms. The first-order chi connectivity index (χ1) is 7.61. The molecule has 0 heterocycles. The lowest BCUT2D eigenvalue weighted by Crippen LogP contribution is -2.24. The predicted molar refractivity (Wildman–Crippen MR) is 82.0 cm³/mol. The number of guanidine groups is 1. The Morgan fingerprint density at radius 3 is 2.35 bits per heavy atom. The van der Waals surface area contributed by atoms with Gasteiger partial charge in [0.1, 0.15) is 5.75 Å². The molecule has 1 aromatic carbocycles. The van der Waals surface area contributed by atoms with Crippen molar-refractivity contribution in [3.63, 3.8) is 0 Å². The van der Waals surface area contributed by atoms with Gasteiger partial charge in [-0.05, 0) is 30.0 Å². The monoisotopic (exact) mass is 349 g/mol. The van der Waals surface area contributed by atoms with E-state index >= 15 is 0 Å². The van der Waals surface area contributed by atoms with Crippen molar-refractivity contribution in [2.45, 2.75) is 13.3 Å². The molecule has 96 valence electrons. The summed E-state index contributed by atoms with van der Waals surface area (Å²) in [4.78, 5) is 4.00. The number of nitrogens with two attached hydrogens (primary N) is 2. The number of nitrogens with zero attached hydrogens (tertiary/aromatic N) is 1. The van der Waals surface area contributed by atoms with E-state index in [0.717, 1.165) is 12.2 Å². The van der Waals surface area contributed by atoms with Crippen molar-refractivity contribution in [2.75, 3.05) is 13.7 Å². The molecule has 0 amide bonds. The topological polar surface area (TPSA) is 73.6 Å². The maximum absolute atomic E-state index is 5.28. The van der Waals surface area contributed by atoms with Crippen molar-refractivity contribution in [3.8, 4) is 5.75 Å². The van der Waals surface area contributed by atoms with Gasteiger partial charge in [0.2, 0.25) is 0 Å². The van der Waals surface area contributed by atoms with E-state index in [-0.39, 0.29) is 29.9 Å². The van der Waals surface area contributed by atoms with Crippen LogP contribution in [0, 0.1) is 5.92 Å². The van der Waals surface area contributed by atoms with Crippen LogP contribution in [0.1, 0.15) is 12.5 Å². The number of ether oxygens (including phenoxy) is 1. The SMILES string of the molecule is COc1ccc(CC(C)CN=C(N)N)cc1.I. The van der Waals surface area contributed by atoms with E-state index in [9.17, 15) is 0 Å². The molecular formula is C12H20IN3O. The van der Waals surface area contributed by atoms with Gasteiger partial charge in [0.25, 0.3) is 0 Å². The zero-order valence-corrected chi connectivity index (χ0v) is 12.5. The van der Waals surface area contributed by atoms with Crippen molar-refractivity contribution in [1.82, 2.24) is 0 Å². The van der Waals surface area contributed by atoms with Gasteiger partial charge in [-0.1, -0.05) is 19.1 Å². The largest absolute Gasteiger partial charge is 0.497 e. The molecule has 1 rings (SSSR count). The van der Waals surface area contributed by atoms with Gasteiger partial charge in [0.05, 0.1) is 7.11 Å². The molecule has 5 heteroatoms. The standard InChI is InChI=1S/C12H19N3O.HI/c1-9(8-15-12(13)14)7-10-3-5-11(16-2)6-4-10;/h3-6,9H,7-8H2,1-2H3,(H4,13,14,15);1H. The Kier molecular flexibility index (Phi) is 7.69. The van der Waals surface area contributed by atoms with Crippen LogP contribution in [0.15, 0.2) is 29.3 Å². The summed E-state index contributed by atoms with van der Waals surface area (Å²) in [6, 6.07) is 8.04. The molecule has 0 saturated carbocycles. The lowest BCUT2D eigenvalue weighted by molar-refractivity contribution is 0.414. The molecule has 0 saturated heterocycles. The minimum Gasteiger partial charge on any atom is -0.497 e. The van der Waals surface area contributed by atoms with Crippen LogP contribution in [0.3, 0.4) is 0 Å². The Balaban J connectivity index is 0.00000256. The number of benzene rings is 1. The Labute approximate surface area is 119 Å². The molecule has 0 spiro atoms. The van der Waals surface area contributed by atoms with Gasteiger partial charge in [-0.25, -0.2) is 0 Å². The fourth-order valence-corrected chi connectivity index (χ4v) is 1.49. The summed E-state index contributed by atoms with van der Waals surface area (Å²) in [5.74, 6) is 1.46. The maximum atomic E-state index is 5.28. The molecule has 4 N–H and O–H groups in total. The smallest absolute Gasteiger partial charge is 0.185 e. The molecular weight excluding hydrogens is 329 g/mol. The fourth-order valence-electron chi connectivity index (χ4n) is 1.49. The molecule has 0 fully saturated rings. The highest BCUT2D eigenvalue weighted by Crippen LogP contribution is 2.14. The lowest BCUT2D eigenvalue weighted by Gasteiger charge is -2.09. The van der Waals surface area contributed by atoms with Crippen LogP contribution in [0.4, 0.5) is 0 Å². The Hall–Kier alpha value is -0.980. The van der Waals surface area contributed by atoms with Crippen molar-refractivity contribution in [3.05, 3.63) is 29.8 Å². The first kappa shape index (κ1) is 16.0. The zero-order chi connectivity index (χ0) is 12.0. The average molecular weight is 349 g/mol. The number of methoxy groups -OCH3 is 1. The minimum atomic E-state index is 0. The molecule has 0 aromatic heterocycles. The number of halogens is 1. The van der Waals surface area contributed by atoms with E-state index in [1.807, 2.05) is 12.1 Å². The molecule has 17 heavy (non-hydrogen) atoms. The van der Waals surface area contributed by atoms with Crippen LogP contribution < -0.4 is 16.2 Å². The zero-order valence-electron chi connectivity index (χ0n) is 10.2. The van der Waals surface area contributed by atoms with Gasteiger partial charge in [-0.15, -0.1) is 24.0 Å². The fraction of sp³-hybridized carbons (Fsp3) is 0.417. The predicted octanol–water partition coefficient (Wildman–Crippen LogP) is 1.77. The van der Waals surface area contributed by atoms with Crippen LogP contribution in [-0.2, 0) is 6.42 Å². The second-order valence-corrected chi connectivity index (χ2v) is 3.92. The highest BCUT2D eigenvalue weighted by molar-refractivity contribution is 14.0. The molecule has 1 aromatic rings. The Morgan fingerprint density at radius 2 is 1.88 bits per heavy atom. The van der Waals surface area contributed by atoms with Crippen molar-refractivity contribution < 1.29 is 4.74 Å². The lowest BCUT2D eigenvalue weighted by atomic mass is 10.0. The van der Waals surface area contributed by atoms with Gasteiger partial charge < -0.3 is 16.2 Å². The molecule has 4 nitrogen and oxygen atoms in total. The summed E-state index contributed by atoms with van der Waals surface area (Å²) in [5, 5.41) is 0. The summed E-state index contributed by atoms with van der Waals surface area (Å²) >= 11 is 0. The summed E-state index contributed by atoms with van der Waals surface area (Å²) in [7, 11) is 1.66. The van der Waals surface area contributed by atoms with Gasteiger partial charge in [0.15, 0.2) is 5.96 Å². The van der Waals surface area contributed by atoms with Gasteiger partial charge >= 0.3 is 0 Å². The number of aliphatic imine (C=N–C) groups is 1. The summed E-state index contributed by atoms with van der Waals surface area (Å²) < 4.78 is 5.10.